The number of pyridine rings is 1. The highest BCUT2D eigenvalue weighted by Gasteiger charge is 2.54. The summed E-state index contributed by atoms with van der Waals surface area (Å²) in [6, 6.07) is 0.834. The Morgan fingerprint density at radius 2 is 1.67 bits per heavy atom. The van der Waals surface area contributed by atoms with Gasteiger partial charge in [-0.25, -0.2) is 9.37 Å². The second-order valence-corrected chi connectivity index (χ2v) is 4.33. The van der Waals surface area contributed by atoms with Gasteiger partial charge in [-0.3, -0.25) is 0 Å². The number of nitrogens with zero attached hydrogens (tertiary/aromatic N) is 1. The van der Waals surface area contributed by atoms with E-state index >= 15 is 0 Å². The van der Waals surface area contributed by atoms with E-state index in [0.29, 0.717) is 0 Å². The minimum absolute atomic E-state index is 0.147. The molecule has 0 aliphatic heterocycles. The smallest absolute Gasteiger partial charge is 0.243 e. The van der Waals surface area contributed by atoms with Gasteiger partial charge in [-0.2, -0.15) is 8.78 Å². The van der Waals surface area contributed by atoms with E-state index in [1.165, 1.54) is 0 Å². The molecule has 0 aliphatic rings. The summed E-state index contributed by atoms with van der Waals surface area (Å²) in [6.45, 7) is 0. The normalized spacial score (nSPS) is 16.2. The predicted octanol–water partition coefficient (Wildman–Crippen LogP) is 4.58. The molecule has 1 aromatic heterocycles. The summed E-state index contributed by atoms with van der Waals surface area (Å²) < 4.78 is 38.5. The van der Waals surface area contributed by atoms with Crippen LogP contribution in [0.1, 0.15) is 5.56 Å². The third kappa shape index (κ3) is 2.61. The highest BCUT2D eigenvalue weighted by molar-refractivity contribution is 6.41. The van der Waals surface area contributed by atoms with Gasteiger partial charge in [0.2, 0.25) is 0 Å². The summed E-state index contributed by atoms with van der Waals surface area (Å²) in [4.78, 5) is 3.38. The Morgan fingerprint density at radius 3 is 2.07 bits per heavy atom. The van der Waals surface area contributed by atoms with Crippen molar-refractivity contribution in [3.8, 4) is 0 Å². The van der Waals surface area contributed by atoms with Crippen LogP contribution in [0, 0.1) is 0 Å². The third-order valence-electron chi connectivity index (χ3n) is 1.51. The average molecular weight is 299 g/mol. The zero-order valence-corrected chi connectivity index (χ0v) is 9.77. The van der Waals surface area contributed by atoms with E-state index in [-0.39, 0.29) is 10.2 Å². The largest absolute Gasteiger partial charge is 0.373 e. The van der Waals surface area contributed by atoms with Crippen molar-refractivity contribution in [1.29, 1.82) is 0 Å². The maximum atomic E-state index is 13.4. The summed E-state index contributed by atoms with van der Waals surface area (Å²) in [7, 11) is 0. The Kier molecular flexibility index (Phi) is 3.66. The van der Waals surface area contributed by atoms with Crippen LogP contribution in [-0.4, -0.2) is 10.4 Å². The standard InChI is InChI=1S/C7H2Cl4F3N/c8-4-1-3(2-15-5(4)9)6(10,12)7(11,13)14/h1-2H. The molecule has 1 rings (SSSR count). The quantitative estimate of drug-likeness (QED) is 0.575. The SMILES string of the molecule is FC(F)(Cl)C(F)(Cl)c1cnc(Cl)c(Cl)c1. The first-order valence-electron chi connectivity index (χ1n) is 3.42. The second kappa shape index (κ2) is 4.17. The maximum absolute atomic E-state index is 13.4. The molecule has 0 bridgehead atoms. The Hall–Kier alpha value is 0.1000. The minimum Gasteiger partial charge on any atom is -0.243 e. The molecule has 0 N–H and O–H groups in total. The van der Waals surface area contributed by atoms with Crippen LogP contribution in [0.5, 0.6) is 0 Å². The van der Waals surface area contributed by atoms with Crippen molar-refractivity contribution >= 4 is 46.4 Å². The topological polar surface area (TPSA) is 12.9 Å². The van der Waals surface area contributed by atoms with Crippen LogP contribution in [0.2, 0.25) is 10.2 Å². The summed E-state index contributed by atoms with van der Waals surface area (Å²) in [5.74, 6) is 0. The lowest BCUT2D eigenvalue weighted by Gasteiger charge is -2.22. The van der Waals surface area contributed by atoms with Crippen molar-refractivity contribution in [2.24, 2.45) is 0 Å². The van der Waals surface area contributed by atoms with Gasteiger partial charge in [0, 0.05) is 11.8 Å². The number of aromatic nitrogens is 1. The zero-order valence-electron chi connectivity index (χ0n) is 6.75. The van der Waals surface area contributed by atoms with E-state index in [2.05, 4.69) is 16.6 Å². The van der Waals surface area contributed by atoms with Gasteiger partial charge in [-0.1, -0.05) is 34.8 Å². The van der Waals surface area contributed by atoms with Crippen LogP contribution in [0.4, 0.5) is 13.2 Å². The summed E-state index contributed by atoms with van der Waals surface area (Å²) in [5.41, 5.74) is -0.668. The van der Waals surface area contributed by atoms with Crippen molar-refractivity contribution in [2.75, 3.05) is 0 Å². The van der Waals surface area contributed by atoms with Gasteiger partial charge in [-0.15, -0.1) is 0 Å². The Labute approximate surface area is 103 Å². The van der Waals surface area contributed by atoms with Gasteiger partial charge in [0.25, 0.3) is 5.13 Å². The first-order chi connectivity index (χ1) is 6.66. The summed E-state index contributed by atoms with van der Waals surface area (Å²) in [6.07, 6.45) is 0.734. The molecule has 1 aromatic rings. The molecule has 1 heterocycles. The van der Waals surface area contributed by atoms with Crippen molar-refractivity contribution < 1.29 is 13.2 Å². The number of halogens is 7. The molecule has 8 heteroatoms. The molecule has 0 aliphatic carbocycles. The van der Waals surface area contributed by atoms with Crippen LogP contribution in [0.25, 0.3) is 0 Å². The zero-order chi connectivity index (χ0) is 11.9. The maximum Gasteiger partial charge on any atom is 0.373 e. The molecule has 84 valence electrons. The van der Waals surface area contributed by atoms with E-state index in [0.717, 1.165) is 12.3 Å². The van der Waals surface area contributed by atoms with E-state index in [1.807, 2.05) is 0 Å². The number of alkyl halides is 5. The van der Waals surface area contributed by atoms with Crippen LogP contribution in [0.15, 0.2) is 12.3 Å². The van der Waals surface area contributed by atoms with Crippen molar-refractivity contribution in [3.05, 3.63) is 28.0 Å². The molecule has 1 unspecified atom stereocenters. The molecule has 0 radical (unpaired) electrons. The molecular weight excluding hydrogens is 297 g/mol. The molecule has 1 nitrogen and oxygen atoms in total. The average Bonchev–Trinajstić information content (AvgIpc) is 2.07. The van der Waals surface area contributed by atoms with Crippen LogP contribution < -0.4 is 0 Å². The Balaban J connectivity index is 3.22. The molecule has 0 aromatic carbocycles. The molecule has 15 heavy (non-hydrogen) atoms. The Morgan fingerprint density at radius 1 is 1.13 bits per heavy atom. The Bertz CT molecular complexity index is 377. The fourth-order valence-electron chi connectivity index (χ4n) is 0.757. The lowest BCUT2D eigenvalue weighted by atomic mass is 10.2. The monoisotopic (exact) mass is 297 g/mol. The first-order valence-corrected chi connectivity index (χ1v) is 4.93. The highest BCUT2D eigenvalue weighted by atomic mass is 35.5. The van der Waals surface area contributed by atoms with Crippen molar-refractivity contribution in [3.63, 3.8) is 0 Å². The lowest BCUT2D eigenvalue weighted by molar-refractivity contribution is -0.0227. The summed E-state index contributed by atoms with van der Waals surface area (Å²) in [5, 5.41) is -8.22. The van der Waals surface area contributed by atoms with Crippen LogP contribution >= 0.6 is 46.4 Å². The van der Waals surface area contributed by atoms with Gasteiger partial charge in [0.05, 0.1) is 5.02 Å². The fraction of sp³-hybridized carbons (Fsp3) is 0.286. The molecule has 0 fully saturated rings. The van der Waals surface area contributed by atoms with Gasteiger partial charge >= 0.3 is 5.38 Å². The van der Waals surface area contributed by atoms with Gasteiger partial charge in [0.15, 0.2) is 0 Å². The van der Waals surface area contributed by atoms with Gasteiger partial charge < -0.3 is 0 Å². The van der Waals surface area contributed by atoms with E-state index in [1.54, 1.807) is 0 Å². The first kappa shape index (κ1) is 13.2. The third-order valence-corrected chi connectivity index (χ3v) is 3.01. The van der Waals surface area contributed by atoms with Crippen molar-refractivity contribution in [2.45, 2.75) is 10.5 Å². The number of rotatable bonds is 2. The highest BCUT2D eigenvalue weighted by Crippen LogP contribution is 2.48. The molecule has 0 amide bonds. The van der Waals surface area contributed by atoms with Crippen molar-refractivity contribution in [1.82, 2.24) is 4.98 Å². The predicted molar refractivity (Wildman–Crippen MR) is 53.7 cm³/mol. The molecule has 1 atom stereocenters. The fourth-order valence-corrected chi connectivity index (χ4v) is 1.24. The molecular formula is C7H2Cl4F3N. The van der Waals surface area contributed by atoms with E-state index in [9.17, 15) is 13.2 Å². The number of hydrogen-bond donors (Lipinski definition) is 0. The molecule has 0 saturated heterocycles. The van der Waals surface area contributed by atoms with Crippen LogP contribution in [0.3, 0.4) is 0 Å². The van der Waals surface area contributed by atoms with E-state index < -0.39 is 16.1 Å². The second-order valence-electron chi connectivity index (χ2n) is 2.57. The van der Waals surface area contributed by atoms with Gasteiger partial charge in [-0.05, 0) is 17.7 Å². The molecule has 0 saturated carbocycles. The lowest BCUT2D eigenvalue weighted by Crippen LogP contribution is -2.31. The van der Waals surface area contributed by atoms with E-state index in [4.69, 9.17) is 34.8 Å². The number of hydrogen-bond acceptors (Lipinski definition) is 1. The molecule has 0 spiro atoms. The minimum atomic E-state index is -4.28. The van der Waals surface area contributed by atoms with Gasteiger partial charge in [0.1, 0.15) is 5.15 Å². The summed E-state index contributed by atoms with van der Waals surface area (Å²) >= 11 is 20.4. The van der Waals surface area contributed by atoms with Crippen LogP contribution in [-0.2, 0) is 5.13 Å².